The molecule has 0 N–H and O–H groups in total. The molecule has 0 bridgehead atoms. The zero-order chi connectivity index (χ0) is 18.8. The Morgan fingerprint density at radius 3 is 1.86 bits per heavy atom. The highest BCUT2D eigenvalue weighted by atomic mass is 15.4. The van der Waals surface area contributed by atoms with Gasteiger partial charge in [0, 0.05) is 45.3 Å². The van der Waals surface area contributed by atoms with E-state index in [0.29, 0.717) is 5.82 Å². The first-order valence-electron chi connectivity index (χ1n) is 9.62. The molecule has 2 aliphatic heterocycles. The highest BCUT2D eigenvalue weighted by molar-refractivity contribution is 5.52. The summed E-state index contributed by atoms with van der Waals surface area (Å²) < 4.78 is 1.60. The minimum absolute atomic E-state index is 0.662. The van der Waals surface area contributed by atoms with Crippen molar-refractivity contribution in [2.75, 3.05) is 54.0 Å². The van der Waals surface area contributed by atoms with Gasteiger partial charge in [0.05, 0.1) is 0 Å². The lowest BCUT2D eigenvalue weighted by Crippen LogP contribution is -2.47. The highest BCUT2D eigenvalue weighted by Crippen LogP contribution is 2.23. The van der Waals surface area contributed by atoms with Crippen molar-refractivity contribution >= 4 is 17.5 Å². The van der Waals surface area contributed by atoms with Gasteiger partial charge in [0.25, 0.3) is 0 Å². The first-order valence-corrected chi connectivity index (χ1v) is 9.62. The summed E-state index contributed by atoms with van der Waals surface area (Å²) in [5, 5.41) is 12.7. The van der Waals surface area contributed by atoms with Crippen LogP contribution in [0.2, 0.25) is 0 Å². The number of hydrogen-bond acceptors (Lipinski definition) is 9. The molecule has 28 heavy (non-hydrogen) atoms. The maximum absolute atomic E-state index is 4.50. The van der Waals surface area contributed by atoms with E-state index < -0.39 is 0 Å². The molecule has 0 spiro atoms. The molecule has 2 fully saturated rings. The third-order valence-electron chi connectivity index (χ3n) is 5.29. The Balaban J connectivity index is 1.23. The van der Waals surface area contributed by atoms with Gasteiger partial charge in [-0.25, -0.2) is 19.6 Å². The van der Waals surface area contributed by atoms with Gasteiger partial charge in [0.2, 0.25) is 0 Å². The Bertz CT molecular complexity index is 896. The molecule has 2 saturated heterocycles. The number of anilines is 3. The second-order valence-corrected chi connectivity index (χ2v) is 6.99. The number of aromatic nitrogens is 7. The van der Waals surface area contributed by atoms with Crippen molar-refractivity contribution in [3.63, 3.8) is 0 Å². The van der Waals surface area contributed by atoms with E-state index in [9.17, 15) is 0 Å². The van der Waals surface area contributed by atoms with Crippen molar-refractivity contribution in [3.8, 4) is 5.82 Å². The molecular formula is C18H22N10. The van der Waals surface area contributed by atoms with Gasteiger partial charge in [0.15, 0.2) is 11.6 Å². The Morgan fingerprint density at radius 2 is 1.25 bits per heavy atom. The van der Waals surface area contributed by atoms with Gasteiger partial charge in [-0.3, -0.25) is 0 Å². The van der Waals surface area contributed by atoms with Crippen molar-refractivity contribution < 1.29 is 0 Å². The number of piperazine rings is 1. The third-order valence-corrected chi connectivity index (χ3v) is 5.29. The van der Waals surface area contributed by atoms with Crippen LogP contribution in [0.5, 0.6) is 0 Å². The standard InChI is InChI=1S/C18H22N10/c1-2-6-25(5-1)17-11-18(21-13-20-17)27-9-7-26(8-10-27)15-3-4-16(24-23-15)28-14-19-12-22-28/h3-4,11-14H,1-2,5-10H2. The van der Waals surface area contributed by atoms with E-state index in [4.69, 9.17) is 0 Å². The molecule has 0 atom stereocenters. The van der Waals surface area contributed by atoms with Gasteiger partial charge in [-0.15, -0.1) is 10.2 Å². The third kappa shape index (κ3) is 3.32. The summed E-state index contributed by atoms with van der Waals surface area (Å²) in [4.78, 5) is 19.8. The van der Waals surface area contributed by atoms with Crippen LogP contribution in [0.4, 0.5) is 17.5 Å². The Labute approximate surface area is 162 Å². The zero-order valence-electron chi connectivity index (χ0n) is 15.6. The lowest BCUT2D eigenvalue weighted by atomic mass is 10.3. The van der Waals surface area contributed by atoms with Gasteiger partial charge < -0.3 is 14.7 Å². The first-order chi connectivity index (χ1) is 13.9. The van der Waals surface area contributed by atoms with E-state index >= 15 is 0 Å². The molecule has 144 valence electrons. The number of hydrogen-bond donors (Lipinski definition) is 0. The fourth-order valence-corrected chi connectivity index (χ4v) is 3.73. The second kappa shape index (κ2) is 7.37. The van der Waals surface area contributed by atoms with Crippen LogP contribution in [-0.2, 0) is 0 Å². The molecule has 0 aromatic carbocycles. The van der Waals surface area contributed by atoms with E-state index in [2.05, 4.69) is 51.0 Å². The fraction of sp³-hybridized carbons (Fsp3) is 0.444. The van der Waals surface area contributed by atoms with Crippen LogP contribution in [0.1, 0.15) is 12.8 Å². The summed E-state index contributed by atoms with van der Waals surface area (Å²) in [7, 11) is 0. The SMILES string of the molecule is c1nc(N2CCCC2)cc(N2CCN(c3ccc(-n4cncn4)nn3)CC2)n1. The molecule has 5 rings (SSSR count). The number of nitrogens with zero attached hydrogens (tertiary/aromatic N) is 10. The first kappa shape index (κ1) is 16.8. The lowest BCUT2D eigenvalue weighted by Gasteiger charge is -2.36. The molecule has 2 aliphatic rings. The molecule has 0 unspecified atom stereocenters. The lowest BCUT2D eigenvalue weighted by molar-refractivity contribution is 0.636. The van der Waals surface area contributed by atoms with Crippen molar-refractivity contribution in [2.45, 2.75) is 12.8 Å². The van der Waals surface area contributed by atoms with E-state index in [1.807, 2.05) is 12.1 Å². The topological polar surface area (TPSA) is 92.0 Å². The van der Waals surface area contributed by atoms with Crippen LogP contribution in [0, 0.1) is 0 Å². The molecule has 5 heterocycles. The van der Waals surface area contributed by atoms with Crippen molar-refractivity contribution in [3.05, 3.63) is 37.2 Å². The minimum Gasteiger partial charge on any atom is -0.356 e. The average Bonchev–Trinajstić information content (AvgIpc) is 3.49. The Hall–Kier alpha value is -3.30. The van der Waals surface area contributed by atoms with Crippen LogP contribution in [0.25, 0.3) is 5.82 Å². The maximum Gasteiger partial charge on any atom is 0.177 e. The Kier molecular flexibility index (Phi) is 4.43. The van der Waals surface area contributed by atoms with Crippen LogP contribution >= 0.6 is 0 Å². The fourth-order valence-electron chi connectivity index (χ4n) is 3.73. The molecule has 0 aliphatic carbocycles. The van der Waals surface area contributed by atoms with Crippen LogP contribution < -0.4 is 14.7 Å². The van der Waals surface area contributed by atoms with Crippen LogP contribution in [-0.4, -0.2) is 74.2 Å². The molecule has 3 aromatic rings. The summed E-state index contributed by atoms with van der Waals surface area (Å²) in [5.41, 5.74) is 0. The van der Waals surface area contributed by atoms with Crippen LogP contribution in [0.15, 0.2) is 37.2 Å². The molecule has 3 aromatic heterocycles. The minimum atomic E-state index is 0.662. The summed E-state index contributed by atoms with van der Waals surface area (Å²) in [6, 6.07) is 6.01. The molecule has 0 amide bonds. The second-order valence-electron chi connectivity index (χ2n) is 6.99. The monoisotopic (exact) mass is 378 g/mol. The molecule has 0 saturated carbocycles. The highest BCUT2D eigenvalue weighted by Gasteiger charge is 2.21. The van der Waals surface area contributed by atoms with Gasteiger partial charge in [-0.05, 0) is 25.0 Å². The van der Waals surface area contributed by atoms with Gasteiger partial charge in [-0.2, -0.15) is 5.10 Å². The largest absolute Gasteiger partial charge is 0.356 e. The summed E-state index contributed by atoms with van der Waals surface area (Å²) in [6.07, 6.45) is 7.27. The zero-order valence-corrected chi connectivity index (χ0v) is 15.6. The normalized spacial score (nSPS) is 17.4. The maximum atomic E-state index is 4.50. The van der Waals surface area contributed by atoms with E-state index in [0.717, 1.165) is 56.7 Å². The van der Waals surface area contributed by atoms with E-state index in [-0.39, 0.29) is 0 Å². The van der Waals surface area contributed by atoms with Gasteiger partial charge in [-0.1, -0.05) is 0 Å². The van der Waals surface area contributed by atoms with Crippen LogP contribution in [0.3, 0.4) is 0 Å². The van der Waals surface area contributed by atoms with E-state index in [1.165, 1.54) is 19.2 Å². The Morgan fingerprint density at radius 1 is 0.643 bits per heavy atom. The van der Waals surface area contributed by atoms with E-state index in [1.54, 1.807) is 17.3 Å². The molecular weight excluding hydrogens is 356 g/mol. The molecule has 10 heteroatoms. The average molecular weight is 378 g/mol. The number of rotatable bonds is 4. The summed E-state index contributed by atoms with van der Waals surface area (Å²) >= 11 is 0. The quantitative estimate of drug-likeness (QED) is 0.653. The smallest absolute Gasteiger partial charge is 0.177 e. The van der Waals surface area contributed by atoms with Crippen molar-refractivity contribution in [2.24, 2.45) is 0 Å². The predicted octanol–water partition coefficient (Wildman–Crippen LogP) is 0.774. The van der Waals surface area contributed by atoms with Gasteiger partial charge >= 0.3 is 0 Å². The molecule has 0 radical (unpaired) electrons. The predicted molar refractivity (Wildman–Crippen MR) is 105 cm³/mol. The summed E-state index contributed by atoms with van der Waals surface area (Å²) in [6.45, 7) is 5.72. The summed E-state index contributed by atoms with van der Waals surface area (Å²) in [5.74, 6) is 3.59. The van der Waals surface area contributed by atoms with Crippen molar-refractivity contribution in [1.29, 1.82) is 0 Å². The van der Waals surface area contributed by atoms with Crippen molar-refractivity contribution in [1.82, 2.24) is 34.9 Å². The van der Waals surface area contributed by atoms with Gasteiger partial charge in [0.1, 0.15) is 30.6 Å². The molecule has 10 nitrogen and oxygen atoms in total.